The number of aryl methyl sites for hydroxylation is 1. The van der Waals surface area contributed by atoms with Crippen molar-refractivity contribution in [1.82, 2.24) is 19.2 Å². The van der Waals surface area contributed by atoms with Crippen molar-refractivity contribution in [3.63, 3.8) is 0 Å². The quantitative estimate of drug-likeness (QED) is 0.417. The van der Waals surface area contributed by atoms with Crippen LogP contribution in [0.5, 0.6) is 0 Å². The maximum Gasteiger partial charge on any atom is 0.274 e. The first-order chi connectivity index (χ1) is 15.0. The van der Waals surface area contributed by atoms with Crippen LogP contribution in [-0.2, 0) is 12.3 Å². The molecule has 0 aliphatic rings. The molecular formula is C22H20ClN5O2S. The third kappa shape index (κ3) is 4.81. The van der Waals surface area contributed by atoms with Crippen molar-refractivity contribution in [3.05, 3.63) is 87.6 Å². The van der Waals surface area contributed by atoms with Crippen LogP contribution < -0.4 is 10.9 Å². The zero-order valence-electron chi connectivity index (χ0n) is 16.8. The van der Waals surface area contributed by atoms with Crippen molar-refractivity contribution in [2.24, 2.45) is 0 Å². The molecule has 2 aromatic heterocycles. The second-order valence-corrected chi connectivity index (χ2v) is 8.30. The molecule has 0 fully saturated rings. The van der Waals surface area contributed by atoms with Crippen LogP contribution in [0.3, 0.4) is 0 Å². The molecule has 4 rings (SSSR count). The predicted molar refractivity (Wildman–Crippen MR) is 123 cm³/mol. The summed E-state index contributed by atoms with van der Waals surface area (Å²) in [6.07, 6.45) is 2.53. The summed E-state index contributed by atoms with van der Waals surface area (Å²) < 4.78 is 3.25. The number of carbonyl (C=O) groups is 1. The van der Waals surface area contributed by atoms with Crippen LogP contribution in [0.25, 0.3) is 5.78 Å². The molecule has 0 atom stereocenters. The Balaban J connectivity index is 1.51. The number of nitrogens with zero attached hydrogens (tertiary/aromatic N) is 4. The average molecular weight is 454 g/mol. The summed E-state index contributed by atoms with van der Waals surface area (Å²) in [7, 11) is 0. The van der Waals surface area contributed by atoms with Crippen LogP contribution in [0, 0.1) is 0 Å². The molecular weight excluding hydrogens is 434 g/mol. The van der Waals surface area contributed by atoms with E-state index in [4.69, 9.17) is 11.6 Å². The van der Waals surface area contributed by atoms with Crippen molar-refractivity contribution >= 4 is 40.7 Å². The first-order valence-corrected chi connectivity index (χ1v) is 11.1. The zero-order valence-corrected chi connectivity index (χ0v) is 18.4. The summed E-state index contributed by atoms with van der Waals surface area (Å²) in [4.78, 5) is 34.8. The molecule has 1 amide bonds. The van der Waals surface area contributed by atoms with Gasteiger partial charge in [0.2, 0.25) is 0 Å². The van der Waals surface area contributed by atoms with Crippen LogP contribution in [0.2, 0.25) is 5.02 Å². The van der Waals surface area contributed by atoms with Gasteiger partial charge in [-0.3, -0.25) is 14.3 Å². The number of carbonyl (C=O) groups excluding carboxylic acids is 1. The lowest BCUT2D eigenvalue weighted by molar-refractivity contribution is 0.102. The highest BCUT2D eigenvalue weighted by Gasteiger charge is 2.12. The molecule has 2 aromatic carbocycles. The van der Waals surface area contributed by atoms with Gasteiger partial charge in [0.15, 0.2) is 0 Å². The number of rotatable bonds is 7. The van der Waals surface area contributed by atoms with Crippen molar-refractivity contribution < 1.29 is 4.79 Å². The molecule has 0 saturated carbocycles. The summed E-state index contributed by atoms with van der Waals surface area (Å²) in [5.41, 5.74) is 1.69. The van der Waals surface area contributed by atoms with Crippen LogP contribution in [0.1, 0.15) is 29.4 Å². The van der Waals surface area contributed by atoms with E-state index in [1.165, 1.54) is 22.3 Å². The topological polar surface area (TPSA) is 81.3 Å². The Hall–Kier alpha value is -3.10. The smallest absolute Gasteiger partial charge is 0.274 e. The van der Waals surface area contributed by atoms with Crippen LogP contribution in [0.4, 0.5) is 5.69 Å². The molecule has 0 unspecified atom stereocenters. The Morgan fingerprint density at radius 2 is 1.94 bits per heavy atom. The van der Waals surface area contributed by atoms with Crippen molar-refractivity contribution in [1.29, 1.82) is 0 Å². The number of hydrogen-bond donors (Lipinski definition) is 1. The average Bonchev–Trinajstić information content (AvgIpc) is 3.17. The summed E-state index contributed by atoms with van der Waals surface area (Å²) in [5, 5.41) is 3.51. The fraction of sp³-hybridized carbons (Fsp3) is 0.182. The van der Waals surface area contributed by atoms with Crippen molar-refractivity contribution in [2.75, 3.05) is 5.32 Å². The predicted octanol–water partition coefficient (Wildman–Crippen LogP) is 4.50. The molecule has 0 aliphatic carbocycles. The number of hydrogen-bond acceptors (Lipinski definition) is 5. The molecule has 0 aliphatic heterocycles. The molecule has 31 heavy (non-hydrogen) atoms. The Kier molecular flexibility index (Phi) is 6.39. The molecule has 0 bridgehead atoms. The third-order valence-corrected chi connectivity index (χ3v) is 5.92. The first kappa shape index (κ1) is 21.1. The Labute approximate surface area is 188 Å². The molecule has 1 N–H and O–H groups in total. The van der Waals surface area contributed by atoms with E-state index in [-0.39, 0.29) is 11.5 Å². The number of aromatic nitrogens is 4. The highest BCUT2D eigenvalue weighted by molar-refractivity contribution is 7.98. The molecule has 9 heteroatoms. The van der Waals surface area contributed by atoms with Gasteiger partial charge in [-0.1, -0.05) is 30.7 Å². The fourth-order valence-corrected chi connectivity index (χ4v) is 4.14. The summed E-state index contributed by atoms with van der Waals surface area (Å²) in [5.74, 6) is 0.644. The molecule has 7 nitrogen and oxygen atoms in total. The number of benzene rings is 2. The lowest BCUT2D eigenvalue weighted by atomic mass is 10.2. The highest BCUT2D eigenvalue weighted by Crippen LogP contribution is 2.29. The Morgan fingerprint density at radius 3 is 2.71 bits per heavy atom. The summed E-state index contributed by atoms with van der Waals surface area (Å²) in [6, 6.07) is 15.8. The first-order valence-electron chi connectivity index (χ1n) is 9.78. The zero-order chi connectivity index (χ0) is 21.8. The monoisotopic (exact) mass is 453 g/mol. The van der Waals surface area contributed by atoms with Gasteiger partial charge in [0.05, 0.1) is 11.4 Å². The SMILES string of the molecule is CCCn1cnc2nc(CSc3ccccc3NC(=O)c3ccc(Cl)cc3)cc(=O)n21. The van der Waals surface area contributed by atoms with Crippen LogP contribution in [-0.4, -0.2) is 25.1 Å². The fourth-order valence-electron chi connectivity index (χ4n) is 3.11. The second-order valence-electron chi connectivity index (χ2n) is 6.85. The van der Waals surface area contributed by atoms with Gasteiger partial charge in [-0.25, -0.2) is 4.98 Å². The van der Waals surface area contributed by atoms with E-state index >= 15 is 0 Å². The van der Waals surface area contributed by atoms with E-state index in [1.807, 2.05) is 31.2 Å². The highest BCUT2D eigenvalue weighted by atomic mass is 35.5. The number of halogens is 1. The Morgan fingerprint density at radius 1 is 1.16 bits per heavy atom. The largest absolute Gasteiger partial charge is 0.321 e. The van der Waals surface area contributed by atoms with Crippen molar-refractivity contribution in [2.45, 2.75) is 30.5 Å². The standard InChI is InChI=1S/C22H20ClN5O2S/c1-2-11-27-14-24-22-25-17(12-20(29)28(22)27)13-31-19-6-4-3-5-18(19)26-21(30)15-7-9-16(23)10-8-15/h3-10,12,14H,2,11,13H2,1H3,(H,26,30). The minimum absolute atomic E-state index is 0.157. The minimum atomic E-state index is -0.219. The van der Waals surface area contributed by atoms with Gasteiger partial charge in [-0.05, 0) is 42.8 Å². The third-order valence-electron chi connectivity index (χ3n) is 4.57. The van der Waals surface area contributed by atoms with Gasteiger partial charge in [0.1, 0.15) is 6.33 Å². The van der Waals surface area contributed by atoms with Gasteiger partial charge >= 0.3 is 0 Å². The Bertz CT molecular complexity index is 1280. The number of fused-ring (bicyclic) bond motifs is 1. The molecule has 158 valence electrons. The van der Waals surface area contributed by atoms with Gasteiger partial charge < -0.3 is 5.32 Å². The number of amides is 1. The molecule has 0 saturated heterocycles. The lowest BCUT2D eigenvalue weighted by Crippen LogP contribution is -2.21. The van der Waals surface area contributed by atoms with E-state index in [0.29, 0.717) is 40.0 Å². The normalized spacial score (nSPS) is 11.0. The number of para-hydroxylation sites is 1. The molecule has 0 spiro atoms. The number of nitrogens with one attached hydrogen (secondary N) is 1. The number of thioether (sulfide) groups is 1. The maximum atomic E-state index is 12.6. The van der Waals surface area contributed by atoms with Crippen molar-refractivity contribution in [3.8, 4) is 0 Å². The van der Waals surface area contributed by atoms with Crippen LogP contribution >= 0.6 is 23.4 Å². The van der Waals surface area contributed by atoms with Gasteiger partial charge in [0, 0.05) is 33.8 Å². The minimum Gasteiger partial charge on any atom is -0.321 e. The second kappa shape index (κ2) is 9.36. The molecule has 0 radical (unpaired) electrons. The van der Waals surface area contributed by atoms with Gasteiger partial charge in [0.25, 0.3) is 17.2 Å². The van der Waals surface area contributed by atoms with Gasteiger partial charge in [-0.2, -0.15) is 9.50 Å². The van der Waals surface area contributed by atoms with E-state index < -0.39 is 0 Å². The summed E-state index contributed by atoms with van der Waals surface area (Å²) >= 11 is 7.39. The number of anilines is 1. The van der Waals surface area contributed by atoms with E-state index in [0.717, 1.165) is 11.3 Å². The summed E-state index contributed by atoms with van der Waals surface area (Å²) in [6.45, 7) is 2.74. The van der Waals surface area contributed by atoms with E-state index in [2.05, 4.69) is 15.3 Å². The van der Waals surface area contributed by atoms with E-state index in [9.17, 15) is 9.59 Å². The van der Waals surface area contributed by atoms with Gasteiger partial charge in [-0.15, -0.1) is 11.8 Å². The maximum absolute atomic E-state index is 12.6. The lowest BCUT2D eigenvalue weighted by Gasteiger charge is -2.11. The molecule has 2 heterocycles. The van der Waals surface area contributed by atoms with Crippen LogP contribution in [0.15, 0.2) is 70.6 Å². The molecule has 4 aromatic rings. The van der Waals surface area contributed by atoms with E-state index in [1.54, 1.807) is 35.3 Å².